The Morgan fingerprint density at radius 2 is 1.63 bits per heavy atom. The lowest BCUT2D eigenvalue weighted by Gasteiger charge is -2.32. The third-order valence-corrected chi connectivity index (χ3v) is 6.53. The largest absolute Gasteiger partial charge is 0.352 e. The van der Waals surface area contributed by atoms with Gasteiger partial charge in [-0.05, 0) is 48.7 Å². The van der Waals surface area contributed by atoms with Crippen LogP contribution in [0.4, 0.5) is 4.39 Å². The fourth-order valence-corrected chi connectivity index (χ4v) is 4.09. The molecule has 0 aliphatic heterocycles. The number of nitrogens with zero attached hydrogens (tertiary/aromatic N) is 1. The van der Waals surface area contributed by atoms with Crippen molar-refractivity contribution in [1.82, 2.24) is 10.2 Å². The SMILES string of the molecule is CC[C@@H](C)NC(=O)[C@H](Cc1ccccc1)N(Cc1ccc(Cl)cc1)C(=O)Cc1c(F)cccc1Cl. The molecular formula is C28H29Cl2FN2O2. The molecule has 0 unspecified atom stereocenters. The van der Waals surface area contributed by atoms with Gasteiger partial charge in [-0.3, -0.25) is 9.59 Å². The zero-order valence-corrected chi connectivity index (χ0v) is 21.3. The quantitative estimate of drug-likeness (QED) is 0.348. The molecule has 1 N–H and O–H groups in total. The zero-order chi connectivity index (χ0) is 25.4. The number of rotatable bonds is 10. The molecule has 0 heterocycles. The van der Waals surface area contributed by atoms with E-state index in [1.807, 2.05) is 56.3 Å². The molecule has 0 aliphatic carbocycles. The van der Waals surface area contributed by atoms with Gasteiger partial charge in [0, 0.05) is 34.6 Å². The van der Waals surface area contributed by atoms with Gasteiger partial charge in [0.25, 0.3) is 0 Å². The lowest BCUT2D eigenvalue weighted by atomic mass is 10.0. The van der Waals surface area contributed by atoms with Gasteiger partial charge in [0.15, 0.2) is 0 Å². The molecule has 184 valence electrons. The number of carbonyl (C=O) groups is 2. The van der Waals surface area contributed by atoms with Gasteiger partial charge < -0.3 is 10.2 Å². The number of hydrogen-bond acceptors (Lipinski definition) is 2. The molecule has 0 saturated carbocycles. The van der Waals surface area contributed by atoms with Crippen LogP contribution in [-0.2, 0) is 29.0 Å². The molecule has 0 radical (unpaired) electrons. The fourth-order valence-electron chi connectivity index (χ4n) is 3.74. The van der Waals surface area contributed by atoms with E-state index >= 15 is 0 Å². The maximum atomic E-state index is 14.5. The van der Waals surface area contributed by atoms with Gasteiger partial charge in [0.05, 0.1) is 6.42 Å². The van der Waals surface area contributed by atoms with Crippen LogP contribution < -0.4 is 5.32 Å². The molecule has 2 amide bonds. The van der Waals surface area contributed by atoms with Crippen LogP contribution in [0.15, 0.2) is 72.8 Å². The first-order valence-corrected chi connectivity index (χ1v) is 12.3. The van der Waals surface area contributed by atoms with Crippen molar-refractivity contribution in [2.75, 3.05) is 0 Å². The molecule has 35 heavy (non-hydrogen) atoms. The summed E-state index contributed by atoms with van der Waals surface area (Å²) in [5, 5.41) is 3.76. The summed E-state index contributed by atoms with van der Waals surface area (Å²) >= 11 is 12.3. The fraction of sp³-hybridized carbons (Fsp3) is 0.286. The van der Waals surface area contributed by atoms with E-state index in [0.29, 0.717) is 11.4 Å². The number of benzene rings is 3. The van der Waals surface area contributed by atoms with E-state index in [4.69, 9.17) is 23.2 Å². The highest BCUT2D eigenvalue weighted by molar-refractivity contribution is 6.31. The molecular weight excluding hydrogens is 486 g/mol. The minimum Gasteiger partial charge on any atom is -0.352 e. The van der Waals surface area contributed by atoms with Crippen molar-refractivity contribution >= 4 is 35.0 Å². The van der Waals surface area contributed by atoms with E-state index in [-0.39, 0.29) is 35.5 Å². The summed E-state index contributed by atoms with van der Waals surface area (Å²) in [6, 6.07) is 20.1. The average Bonchev–Trinajstić information content (AvgIpc) is 2.85. The van der Waals surface area contributed by atoms with Crippen molar-refractivity contribution in [2.24, 2.45) is 0 Å². The number of hydrogen-bond donors (Lipinski definition) is 1. The summed E-state index contributed by atoms with van der Waals surface area (Å²) in [5.74, 6) is -1.21. The lowest BCUT2D eigenvalue weighted by Crippen LogP contribution is -2.52. The Morgan fingerprint density at radius 1 is 0.943 bits per heavy atom. The van der Waals surface area contributed by atoms with Gasteiger partial charge in [-0.2, -0.15) is 0 Å². The molecule has 0 saturated heterocycles. The van der Waals surface area contributed by atoms with Crippen LogP contribution in [0.25, 0.3) is 0 Å². The third-order valence-electron chi connectivity index (χ3n) is 5.93. The summed E-state index contributed by atoms with van der Waals surface area (Å²) in [7, 11) is 0. The standard InChI is InChI=1S/C28H29Cl2FN2O2/c1-3-19(2)32-28(35)26(16-20-8-5-4-6-9-20)33(18-21-12-14-22(29)15-13-21)27(34)17-23-24(30)10-7-11-25(23)31/h4-15,19,26H,3,16-18H2,1-2H3,(H,32,35)/t19-,26+/m1/s1. The highest BCUT2D eigenvalue weighted by atomic mass is 35.5. The molecule has 0 bridgehead atoms. The summed E-state index contributed by atoms with van der Waals surface area (Å²) in [6.45, 7) is 4.06. The topological polar surface area (TPSA) is 49.4 Å². The van der Waals surface area contributed by atoms with E-state index in [2.05, 4.69) is 5.32 Å². The number of halogens is 3. The summed E-state index contributed by atoms with van der Waals surface area (Å²) in [4.78, 5) is 28.7. The Labute approximate surface area is 216 Å². The number of nitrogens with one attached hydrogen (secondary N) is 1. The van der Waals surface area contributed by atoms with E-state index in [0.717, 1.165) is 17.5 Å². The van der Waals surface area contributed by atoms with E-state index in [1.165, 1.54) is 17.0 Å². The maximum Gasteiger partial charge on any atom is 0.243 e. The predicted octanol–water partition coefficient (Wildman–Crippen LogP) is 6.23. The predicted molar refractivity (Wildman–Crippen MR) is 139 cm³/mol. The van der Waals surface area contributed by atoms with Crippen molar-refractivity contribution in [3.8, 4) is 0 Å². The summed E-state index contributed by atoms with van der Waals surface area (Å²) in [6.07, 6.45) is 0.800. The second-order valence-corrected chi connectivity index (χ2v) is 9.39. The van der Waals surface area contributed by atoms with Gasteiger partial charge >= 0.3 is 0 Å². The smallest absolute Gasteiger partial charge is 0.243 e. The molecule has 0 aromatic heterocycles. The number of carbonyl (C=O) groups excluding carboxylic acids is 2. The number of amides is 2. The lowest BCUT2D eigenvalue weighted by molar-refractivity contribution is -0.141. The van der Waals surface area contributed by atoms with Crippen LogP contribution >= 0.6 is 23.2 Å². The Balaban J connectivity index is 2.00. The summed E-state index contributed by atoms with van der Waals surface area (Å²) < 4.78 is 14.5. The van der Waals surface area contributed by atoms with Crippen molar-refractivity contribution in [3.05, 3.63) is 105 Å². The Kier molecular flexibility index (Phi) is 9.70. The van der Waals surface area contributed by atoms with E-state index in [9.17, 15) is 14.0 Å². The maximum absolute atomic E-state index is 14.5. The minimum absolute atomic E-state index is 0.0609. The molecule has 2 atom stereocenters. The van der Waals surface area contributed by atoms with Crippen LogP contribution in [0.5, 0.6) is 0 Å². The van der Waals surface area contributed by atoms with Gasteiger partial charge in [0.1, 0.15) is 11.9 Å². The highest BCUT2D eigenvalue weighted by Gasteiger charge is 2.31. The van der Waals surface area contributed by atoms with Crippen molar-refractivity contribution < 1.29 is 14.0 Å². The molecule has 0 spiro atoms. The van der Waals surface area contributed by atoms with Crippen molar-refractivity contribution in [1.29, 1.82) is 0 Å². The molecule has 0 aliphatic rings. The average molecular weight is 515 g/mol. The van der Waals surface area contributed by atoms with Crippen LogP contribution in [0, 0.1) is 5.82 Å². The first-order valence-electron chi connectivity index (χ1n) is 11.6. The van der Waals surface area contributed by atoms with Crippen LogP contribution in [-0.4, -0.2) is 28.8 Å². The van der Waals surface area contributed by atoms with Crippen LogP contribution in [0.1, 0.15) is 37.0 Å². The first kappa shape index (κ1) is 26.7. The molecule has 3 rings (SSSR count). The second-order valence-electron chi connectivity index (χ2n) is 8.55. The summed E-state index contributed by atoms with van der Waals surface area (Å²) in [5.41, 5.74) is 1.83. The van der Waals surface area contributed by atoms with Gasteiger partial charge in [-0.25, -0.2) is 4.39 Å². The van der Waals surface area contributed by atoms with Gasteiger partial charge in [-0.15, -0.1) is 0 Å². The van der Waals surface area contributed by atoms with Crippen molar-refractivity contribution in [2.45, 2.75) is 51.7 Å². The molecule has 0 fully saturated rings. The Hall–Kier alpha value is -2.89. The normalized spacial score (nSPS) is 12.6. The van der Waals surface area contributed by atoms with Gasteiger partial charge in [-0.1, -0.05) is 78.7 Å². The molecule has 7 heteroatoms. The zero-order valence-electron chi connectivity index (χ0n) is 19.8. The van der Waals surface area contributed by atoms with E-state index < -0.39 is 17.8 Å². The van der Waals surface area contributed by atoms with Crippen LogP contribution in [0.3, 0.4) is 0 Å². The molecule has 4 nitrogen and oxygen atoms in total. The minimum atomic E-state index is -0.805. The Morgan fingerprint density at radius 3 is 2.26 bits per heavy atom. The van der Waals surface area contributed by atoms with Crippen molar-refractivity contribution in [3.63, 3.8) is 0 Å². The van der Waals surface area contributed by atoms with Crippen LogP contribution in [0.2, 0.25) is 10.0 Å². The molecule has 3 aromatic carbocycles. The second kappa shape index (κ2) is 12.7. The Bertz CT molecular complexity index is 1120. The monoisotopic (exact) mass is 514 g/mol. The third kappa shape index (κ3) is 7.55. The highest BCUT2D eigenvalue weighted by Crippen LogP contribution is 2.23. The molecule has 3 aromatic rings. The van der Waals surface area contributed by atoms with E-state index in [1.54, 1.807) is 18.2 Å². The first-order chi connectivity index (χ1) is 16.8. The van der Waals surface area contributed by atoms with Gasteiger partial charge in [0.2, 0.25) is 11.8 Å².